The molecule has 0 aromatic heterocycles. The summed E-state index contributed by atoms with van der Waals surface area (Å²) in [5, 5.41) is 30.7. The summed E-state index contributed by atoms with van der Waals surface area (Å²) in [5.74, 6) is -2.71. The quantitative estimate of drug-likeness (QED) is 0.0562. The van der Waals surface area contributed by atoms with Crippen LogP contribution in [0.1, 0.15) is 329 Å². The molecule has 0 saturated carbocycles. The summed E-state index contributed by atoms with van der Waals surface area (Å²) >= 11 is 0. The number of hydrogen-bond donors (Lipinski definition) is 0. The van der Waals surface area contributed by atoms with Crippen LogP contribution in [0, 0.1) is 0 Å². The van der Waals surface area contributed by atoms with Crippen LogP contribution in [0.5, 0.6) is 0 Å². The van der Waals surface area contributed by atoms with Crippen LogP contribution in [0.3, 0.4) is 0 Å². The Morgan fingerprint density at radius 3 is 0.400 bits per heavy atom. The molecule has 0 aliphatic rings. The van der Waals surface area contributed by atoms with Gasteiger partial charge in [-0.15, -0.1) is 0 Å². The maximum absolute atomic E-state index is 10.2. The van der Waals surface area contributed by atoms with Crippen LogP contribution in [-0.4, -0.2) is 17.9 Å². The predicted molar refractivity (Wildman–Crippen MR) is 254 cm³/mol. The van der Waals surface area contributed by atoms with Crippen LogP contribution in [-0.2, 0) is 14.4 Å². The second kappa shape index (κ2) is 59.5. The van der Waals surface area contributed by atoms with Crippen molar-refractivity contribution < 1.29 is 29.7 Å². The van der Waals surface area contributed by atoms with E-state index in [1.54, 1.807) is 0 Å². The molecular formula is C54H105O6-3. The van der Waals surface area contributed by atoms with Gasteiger partial charge in [-0.3, -0.25) is 0 Å². The minimum absolute atomic E-state index is 0.234. The number of carbonyl (C=O) groups excluding carboxylic acids is 3. The van der Waals surface area contributed by atoms with Gasteiger partial charge in [0.05, 0.1) is 0 Å². The minimum atomic E-state index is -0.903. The maximum atomic E-state index is 10.2. The predicted octanol–water partition coefficient (Wildman–Crippen LogP) is 15.0. The van der Waals surface area contributed by atoms with E-state index in [1.807, 2.05) is 0 Å². The molecule has 0 bridgehead atoms. The molecule has 0 aromatic rings. The highest BCUT2D eigenvalue weighted by atomic mass is 16.4. The second-order valence-corrected chi connectivity index (χ2v) is 18.2. The zero-order valence-electron chi connectivity index (χ0n) is 40.9. The van der Waals surface area contributed by atoms with E-state index < -0.39 is 17.9 Å². The lowest BCUT2D eigenvalue weighted by Crippen LogP contribution is -2.21. The number of hydrogen-bond acceptors (Lipinski definition) is 6. The highest BCUT2D eigenvalue weighted by molar-refractivity contribution is 5.64. The van der Waals surface area contributed by atoms with Crippen LogP contribution < -0.4 is 15.3 Å². The van der Waals surface area contributed by atoms with Crippen molar-refractivity contribution in [3.63, 3.8) is 0 Å². The molecule has 0 spiro atoms. The van der Waals surface area contributed by atoms with Crippen molar-refractivity contribution in [3.05, 3.63) is 0 Å². The Kier molecular flexibility index (Phi) is 62.2. The van der Waals surface area contributed by atoms with E-state index in [-0.39, 0.29) is 19.3 Å². The minimum Gasteiger partial charge on any atom is -0.550 e. The molecule has 0 saturated heterocycles. The lowest BCUT2D eigenvalue weighted by atomic mass is 10.0. The van der Waals surface area contributed by atoms with E-state index in [4.69, 9.17) is 0 Å². The number of aliphatic carboxylic acids is 3. The maximum Gasteiger partial charge on any atom is 0.0414 e. The Labute approximate surface area is 375 Å². The number of carboxylic acids is 3. The summed E-state index contributed by atoms with van der Waals surface area (Å²) < 4.78 is 0. The van der Waals surface area contributed by atoms with Gasteiger partial charge in [-0.25, -0.2) is 0 Å². The Morgan fingerprint density at radius 1 is 0.200 bits per heavy atom. The van der Waals surface area contributed by atoms with Crippen molar-refractivity contribution in [2.75, 3.05) is 0 Å². The first kappa shape index (κ1) is 62.7. The van der Waals surface area contributed by atoms with Gasteiger partial charge in [0.1, 0.15) is 0 Å². The van der Waals surface area contributed by atoms with Gasteiger partial charge in [0.2, 0.25) is 0 Å². The smallest absolute Gasteiger partial charge is 0.0414 e. The van der Waals surface area contributed by atoms with Crippen molar-refractivity contribution in [1.82, 2.24) is 0 Å². The van der Waals surface area contributed by atoms with Gasteiger partial charge in [-0.05, 0) is 38.5 Å². The van der Waals surface area contributed by atoms with E-state index >= 15 is 0 Å². The van der Waals surface area contributed by atoms with Crippen molar-refractivity contribution >= 4 is 17.9 Å². The normalized spacial score (nSPS) is 10.8. The van der Waals surface area contributed by atoms with Gasteiger partial charge >= 0.3 is 0 Å². The molecule has 0 fully saturated rings. The third-order valence-electron chi connectivity index (χ3n) is 12.0. The molecule has 0 aromatic carbocycles. The lowest BCUT2D eigenvalue weighted by molar-refractivity contribution is -0.307. The van der Waals surface area contributed by atoms with Gasteiger partial charge in [0, 0.05) is 17.9 Å². The Balaban J connectivity index is -0.000000812. The average molecular weight is 850 g/mol. The van der Waals surface area contributed by atoms with Gasteiger partial charge < -0.3 is 29.7 Å². The summed E-state index contributed by atoms with van der Waals surface area (Å²) in [6.45, 7) is 6.80. The molecule has 6 nitrogen and oxygen atoms in total. The van der Waals surface area contributed by atoms with E-state index in [1.165, 1.54) is 250 Å². The number of carbonyl (C=O) groups is 3. The largest absolute Gasteiger partial charge is 0.550 e. The molecule has 0 rings (SSSR count). The molecule has 0 N–H and O–H groups in total. The fourth-order valence-corrected chi connectivity index (χ4v) is 7.92. The van der Waals surface area contributed by atoms with Crippen molar-refractivity contribution in [3.8, 4) is 0 Å². The van der Waals surface area contributed by atoms with Gasteiger partial charge in [-0.2, -0.15) is 0 Å². The highest BCUT2D eigenvalue weighted by Gasteiger charge is 1.98. The van der Waals surface area contributed by atoms with Crippen LogP contribution in [0.4, 0.5) is 0 Å². The molecule has 0 aliphatic carbocycles. The molecule has 0 radical (unpaired) electrons. The van der Waals surface area contributed by atoms with E-state index in [9.17, 15) is 29.7 Å². The number of rotatable bonds is 48. The topological polar surface area (TPSA) is 120 Å². The summed E-state index contributed by atoms with van der Waals surface area (Å²) in [6.07, 6.45) is 59.6. The average Bonchev–Trinajstić information content (AvgIpc) is 3.22. The molecule has 0 unspecified atom stereocenters. The number of carboxylic acid groups (broad SMARTS) is 3. The third kappa shape index (κ3) is 70.9. The van der Waals surface area contributed by atoms with E-state index in [2.05, 4.69) is 20.8 Å². The fourth-order valence-electron chi connectivity index (χ4n) is 7.92. The summed E-state index contributed by atoms with van der Waals surface area (Å²) in [4.78, 5) is 30.7. The molecular weight excluding hydrogens is 745 g/mol. The summed E-state index contributed by atoms with van der Waals surface area (Å²) in [7, 11) is 0. The molecule has 0 aliphatic heterocycles. The first-order chi connectivity index (χ1) is 29.3. The zero-order chi connectivity index (χ0) is 44.7. The van der Waals surface area contributed by atoms with Gasteiger partial charge in [0.15, 0.2) is 0 Å². The van der Waals surface area contributed by atoms with Crippen LogP contribution in [0.15, 0.2) is 0 Å². The first-order valence-corrected chi connectivity index (χ1v) is 26.9. The van der Waals surface area contributed by atoms with Crippen molar-refractivity contribution in [2.24, 2.45) is 0 Å². The van der Waals surface area contributed by atoms with E-state index in [0.29, 0.717) is 0 Å². The van der Waals surface area contributed by atoms with Crippen LogP contribution in [0.2, 0.25) is 0 Å². The van der Waals surface area contributed by atoms with Crippen molar-refractivity contribution in [2.45, 2.75) is 329 Å². The SMILES string of the molecule is CCCCCCCCCCCCCCCCCC(=O)[O-].CCCCCCCCCCCCCCCCCC(=O)[O-].CCCCCCCCCCCCCCCCCC(=O)[O-]. The third-order valence-corrected chi connectivity index (χ3v) is 12.0. The summed E-state index contributed by atoms with van der Waals surface area (Å²) in [6, 6.07) is 0. The van der Waals surface area contributed by atoms with E-state index in [0.717, 1.165) is 38.5 Å². The Hall–Kier alpha value is -1.59. The fraction of sp³-hybridized carbons (Fsp3) is 0.944. The van der Waals surface area contributed by atoms with Crippen molar-refractivity contribution in [1.29, 1.82) is 0 Å². The van der Waals surface area contributed by atoms with Crippen LogP contribution in [0.25, 0.3) is 0 Å². The highest BCUT2D eigenvalue weighted by Crippen LogP contribution is 2.16. The Bertz CT molecular complexity index is 709. The van der Waals surface area contributed by atoms with Crippen LogP contribution >= 0.6 is 0 Å². The molecule has 360 valence electrons. The molecule has 0 atom stereocenters. The van der Waals surface area contributed by atoms with Gasteiger partial charge in [-0.1, -0.05) is 290 Å². The second-order valence-electron chi connectivity index (χ2n) is 18.2. The summed E-state index contributed by atoms with van der Waals surface area (Å²) in [5.41, 5.74) is 0. The molecule has 0 heterocycles. The molecule has 0 amide bonds. The zero-order valence-corrected chi connectivity index (χ0v) is 40.9. The monoisotopic (exact) mass is 850 g/mol. The Morgan fingerprint density at radius 2 is 0.300 bits per heavy atom. The molecule has 6 heteroatoms. The number of unbranched alkanes of at least 4 members (excludes halogenated alkanes) is 42. The first-order valence-electron chi connectivity index (χ1n) is 26.9. The molecule has 60 heavy (non-hydrogen) atoms. The lowest BCUT2D eigenvalue weighted by Gasteiger charge is -2.04. The van der Waals surface area contributed by atoms with Gasteiger partial charge in [0.25, 0.3) is 0 Å². The standard InChI is InChI=1S/3C18H36O2/c3*1-2-3-4-5-6-7-8-9-10-11-12-13-14-15-16-17-18(19)20/h3*2-17H2,1H3,(H,19,20)/p-3.